The van der Waals surface area contributed by atoms with Crippen molar-refractivity contribution >= 4 is 17.7 Å². The van der Waals surface area contributed by atoms with Gasteiger partial charge in [-0.1, -0.05) is 26.8 Å². The van der Waals surface area contributed by atoms with Crippen LogP contribution < -0.4 is 10.2 Å². The molecule has 0 unspecified atom stereocenters. The minimum Gasteiger partial charge on any atom is -0.480 e. The van der Waals surface area contributed by atoms with Crippen LogP contribution in [0.25, 0.3) is 0 Å². The van der Waals surface area contributed by atoms with Crippen LogP contribution in [0.15, 0.2) is 24.3 Å². The summed E-state index contributed by atoms with van der Waals surface area (Å²) >= 11 is 0. The molecule has 2 amide bonds. The Bertz CT molecular complexity index is 526. The molecule has 0 aliphatic carbocycles. The lowest BCUT2D eigenvalue weighted by Crippen LogP contribution is -2.53. The number of nitrogens with one attached hydrogen (secondary N) is 1. The summed E-state index contributed by atoms with van der Waals surface area (Å²) in [5.74, 6) is -1.56. The number of rotatable bonds is 4. The predicted molar refractivity (Wildman–Crippen MR) is 78.8 cm³/mol. The van der Waals surface area contributed by atoms with Gasteiger partial charge in [-0.15, -0.1) is 0 Å². The van der Waals surface area contributed by atoms with Crippen molar-refractivity contribution < 1.29 is 19.1 Å². The predicted octanol–water partition coefficient (Wildman–Crippen LogP) is 2.86. The second-order valence-electron chi connectivity index (χ2n) is 5.81. The van der Waals surface area contributed by atoms with E-state index in [1.165, 1.54) is 23.1 Å². The number of benzene rings is 1. The van der Waals surface area contributed by atoms with Gasteiger partial charge in [0, 0.05) is 12.2 Å². The minimum absolute atomic E-state index is 0.297. The van der Waals surface area contributed by atoms with Crippen molar-refractivity contribution in [3.05, 3.63) is 30.1 Å². The Morgan fingerprint density at radius 2 is 2.00 bits per heavy atom. The number of carbonyl (C=O) groups is 2. The number of carboxylic acids is 1. The van der Waals surface area contributed by atoms with E-state index in [1.807, 2.05) is 0 Å². The molecule has 0 saturated heterocycles. The van der Waals surface area contributed by atoms with Crippen LogP contribution in [0.4, 0.5) is 14.9 Å². The molecule has 5 nitrogen and oxygen atoms in total. The van der Waals surface area contributed by atoms with Crippen molar-refractivity contribution in [2.75, 3.05) is 11.4 Å². The SMILES string of the molecule is CCN(C(=O)N[C@@H](C(=O)O)C(C)(C)C)c1cccc(F)c1. The number of anilines is 1. The summed E-state index contributed by atoms with van der Waals surface area (Å²) in [5.41, 5.74) is -0.254. The smallest absolute Gasteiger partial charge is 0.326 e. The zero-order chi connectivity index (χ0) is 16.2. The van der Waals surface area contributed by atoms with Gasteiger partial charge in [-0.25, -0.2) is 14.0 Å². The van der Waals surface area contributed by atoms with Crippen LogP contribution in [0, 0.1) is 11.2 Å². The first-order chi connectivity index (χ1) is 9.66. The van der Waals surface area contributed by atoms with Crippen LogP contribution >= 0.6 is 0 Å². The standard InChI is InChI=1S/C15H21FN2O3/c1-5-18(11-8-6-7-10(16)9-11)14(21)17-12(13(19)20)15(2,3)4/h6-9,12H,5H2,1-4H3,(H,17,21)(H,19,20)/t12-/m0/s1. The van der Waals surface area contributed by atoms with Crippen molar-refractivity contribution in [1.29, 1.82) is 0 Å². The molecular formula is C15H21FN2O3. The first-order valence-electron chi connectivity index (χ1n) is 6.73. The van der Waals surface area contributed by atoms with E-state index >= 15 is 0 Å². The number of halogens is 1. The van der Waals surface area contributed by atoms with Crippen LogP contribution in [0.5, 0.6) is 0 Å². The fraction of sp³-hybridized carbons (Fsp3) is 0.467. The van der Waals surface area contributed by atoms with Gasteiger partial charge < -0.3 is 10.4 Å². The summed E-state index contributed by atoms with van der Waals surface area (Å²) in [6, 6.07) is 4.01. The molecule has 0 spiro atoms. The van der Waals surface area contributed by atoms with E-state index in [9.17, 15) is 19.1 Å². The number of carbonyl (C=O) groups excluding carboxylic acids is 1. The normalized spacial score (nSPS) is 12.6. The van der Waals surface area contributed by atoms with Crippen LogP contribution in [0.3, 0.4) is 0 Å². The van der Waals surface area contributed by atoms with Crippen molar-refractivity contribution in [2.45, 2.75) is 33.7 Å². The molecule has 0 fully saturated rings. The van der Waals surface area contributed by atoms with E-state index < -0.39 is 29.3 Å². The molecule has 1 rings (SSSR count). The number of urea groups is 1. The summed E-state index contributed by atoms with van der Waals surface area (Å²) in [5, 5.41) is 11.7. The molecule has 1 aromatic rings. The molecular weight excluding hydrogens is 275 g/mol. The molecule has 6 heteroatoms. The van der Waals surface area contributed by atoms with Gasteiger partial charge in [0.25, 0.3) is 0 Å². The molecule has 2 N–H and O–H groups in total. The highest BCUT2D eigenvalue weighted by molar-refractivity contribution is 5.94. The average molecular weight is 296 g/mol. The molecule has 0 bridgehead atoms. The van der Waals surface area contributed by atoms with Crippen LogP contribution in [0.1, 0.15) is 27.7 Å². The lowest BCUT2D eigenvalue weighted by molar-refractivity contribution is -0.141. The number of aliphatic carboxylic acids is 1. The molecule has 0 saturated carbocycles. The second-order valence-corrected chi connectivity index (χ2v) is 5.81. The summed E-state index contributed by atoms with van der Waals surface area (Å²) in [6.45, 7) is 7.21. The summed E-state index contributed by atoms with van der Waals surface area (Å²) in [4.78, 5) is 24.9. The Kier molecular flexibility index (Phi) is 5.29. The van der Waals surface area contributed by atoms with E-state index in [2.05, 4.69) is 5.32 Å². The number of hydrogen-bond donors (Lipinski definition) is 2. The Morgan fingerprint density at radius 1 is 1.38 bits per heavy atom. The van der Waals surface area contributed by atoms with E-state index in [-0.39, 0.29) is 0 Å². The highest BCUT2D eigenvalue weighted by atomic mass is 19.1. The van der Waals surface area contributed by atoms with Gasteiger partial charge in [0.1, 0.15) is 11.9 Å². The van der Waals surface area contributed by atoms with Crippen LogP contribution in [-0.2, 0) is 4.79 Å². The molecule has 0 aliphatic heterocycles. The van der Waals surface area contributed by atoms with E-state index in [4.69, 9.17) is 0 Å². The van der Waals surface area contributed by atoms with Gasteiger partial charge in [-0.2, -0.15) is 0 Å². The maximum atomic E-state index is 13.3. The minimum atomic E-state index is -1.11. The quantitative estimate of drug-likeness (QED) is 0.897. The lowest BCUT2D eigenvalue weighted by Gasteiger charge is -2.30. The topological polar surface area (TPSA) is 69.6 Å². The Balaban J connectivity index is 2.96. The maximum absolute atomic E-state index is 13.3. The fourth-order valence-electron chi connectivity index (χ4n) is 1.94. The first-order valence-corrected chi connectivity index (χ1v) is 6.73. The number of amides is 2. The van der Waals surface area contributed by atoms with E-state index in [0.29, 0.717) is 12.2 Å². The van der Waals surface area contributed by atoms with Crippen molar-refractivity contribution in [3.8, 4) is 0 Å². The molecule has 21 heavy (non-hydrogen) atoms. The van der Waals surface area contributed by atoms with Gasteiger partial charge >= 0.3 is 12.0 Å². The second kappa shape index (κ2) is 6.56. The molecule has 116 valence electrons. The Labute approximate surface area is 123 Å². The molecule has 1 atom stereocenters. The average Bonchev–Trinajstić information content (AvgIpc) is 2.35. The third-order valence-electron chi connectivity index (χ3n) is 3.06. The Hall–Kier alpha value is -2.11. The first kappa shape index (κ1) is 16.9. The van der Waals surface area contributed by atoms with Crippen molar-refractivity contribution in [1.82, 2.24) is 5.32 Å². The highest BCUT2D eigenvalue weighted by Gasteiger charge is 2.33. The number of nitrogens with zero attached hydrogens (tertiary/aromatic N) is 1. The maximum Gasteiger partial charge on any atom is 0.326 e. The van der Waals surface area contributed by atoms with Crippen LogP contribution in [0.2, 0.25) is 0 Å². The summed E-state index contributed by atoms with van der Waals surface area (Å²) in [7, 11) is 0. The molecule has 0 aromatic heterocycles. The molecule has 1 aromatic carbocycles. The lowest BCUT2D eigenvalue weighted by atomic mass is 9.87. The van der Waals surface area contributed by atoms with E-state index in [1.54, 1.807) is 33.8 Å². The largest absolute Gasteiger partial charge is 0.480 e. The summed E-state index contributed by atoms with van der Waals surface area (Å²) in [6.07, 6.45) is 0. The third-order valence-corrected chi connectivity index (χ3v) is 3.06. The highest BCUT2D eigenvalue weighted by Crippen LogP contribution is 2.21. The third kappa shape index (κ3) is 4.44. The number of carboxylic acid groups (broad SMARTS) is 1. The van der Waals surface area contributed by atoms with Gasteiger partial charge in [-0.3, -0.25) is 4.90 Å². The molecule has 0 radical (unpaired) electrons. The zero-order valence-electron chi connectivity index (χ0n) is 12.7. The van der Waals surface area contributed by atoms with E-state index in [0.717, 1.165) is 0 Å². The van der Waals surface area contributed by atoms with Crippen LogP contribution in [-0.4, -0.2) is 29.7 Å². The zero-order valence-corrected chi connectivity index (χ0v) is 12.7. The van der Waals surface area contributed by atoms with Gasteiger partial charge in [0.2, 0.25) is 0 Å². The molecule has 0 heterocycles. The Morgan fingerprint density at radius 3 is 2.43 bits per heavy atom. The van der Waals surface area contributed by atoms with Gasteiger partial charge in [0.05, 0.1) is 0 Å². The fourth-order valence-corrected chi connectivity index (χ4v) is 1.94. The van der Waals surface area contributed by atoms with Crippen molar-refractivity contribution in [2.24, 2.45) is 5.41 Å². The summed E-state index contributed by atoms with van der Waals surface area (Å²) < 4.78 is 13.3. The monoisotopic (exact) mass is 296 g/mol. The number of hydrogen-bond acceptors (Lipinski definition) is 2. The van der Waals surface area contributed by atoms with Gasteiger partial charge in [0.15, 0.2) is 0 Å². The van der Waals surface area contributed by atoms with Gasteiger partial charge in [-0.05, 0) is 30.5 Å². The van der Waals surface area contributed by atoms with Crippen molar-refractivity contribution in [3.63, 3.8) is 0 Å². The molecule has 0 aliphatic rings.